The fourth-order valence-electron chi connectivity index (χ4n) is 2.13. The van der Waals surface area contributed by atoms with Gasteiger partial charge in [-0.25, -0.2) is 0 Å². The van der Waals surface area contributed by atoms with Crippen LogP contribution in [-0.4, -0.2) is 37.5 Å². The van der Waals surface area contributed by atoms with Crippen molar-refractivity contribution < 1.29 is 52.7 Å². The molecule has 14 heteroatoms. The molecule has 0 radical (unpaired) electrons. The van der Waals surface area contributed by atoms with Gasteiger partial charge in [0, 0.05) is 12.8 Å². The van der Waals surface area contributed by atoms with Crippen molar-refractivity contribution in [2.75, 3.05) is 0 Å². The summed E-state index contributed by atoms with van der Waals surface area (Å²) in [5.74, 6) is -19.6. The molecule has 0 rings (SSSR count). The Balaban J connectivity index is 5.38. The van der Waals surface area contributed by atoms with Crippen LogP contribution in [0.5, 0.6) is 0 Å². The van der Waals surface area contributed by atoms with E-state index in [-0.39, 0.29) is 12.5 Å². The van der Waals surface area contributed by atoms with Crippen molar-refractivity contribution in [2.24, 2.45) is 0 Å². The van der Waals surface area contributed by atoms with Crippen LogP contribution in [0.4, 0.5) is 52.7 Å². The van der Waals surface area contributed by atoms with E-state index in [4.69, 9.17) is 11.1 Å². The van der Waals surface area contributed by atoms with Gasteiger partial charge in [0.15, 0.2) is 7.38 Å². The first kappa shape index (κ1) is 25.7. The number of halogens is 13. The zero-order valence-electron chi connectivity index (χ0n) is 13.2. The summed E-state index contributed by atoms with van der Waals surface area (Å²) in [6.45, 7) is 1.42. The maximum absolute atomic E-state index is 13.5. The monoisotopic (exact) mass is 450 g/mol. The van der Waals surface area contributed by atoms with Crippen LogP contribution >= 0.6 is 11.1 Å². The molecule has 1 unspecified atom stereocenters. The lowest BCUT2D eigenvalue weighted by Gasteiger charge is -2.35. The molecule has 0 aliphatic carbocycles. The van der Waals surface area contributed by atoms with Gasteiger partial charge >= 0.3 is 30.1 Å². The first-order chi connectivity index (χ1) is 11.2. The second-order valence-electron chi connectivity index (χ2n) is 5.87. The molecule has 0 spiro atoms. The lowest BCUT2D eigenvalue weighted by molar-refractivity contribution is -0.396. The minimum Gasteiger partial charge on any atom is -0.200 e. The minimum absolute atomic E-state index is 0.105. The summed E-state index contributed by atoms with van der Waals surface area (Å²) < 4.78 is 152. The van der Waals surface area contributed by atoms with Crippen molar-refractivity contribution in [1.82, 2.24) is 0 Å². The van der Waals surface area contributed by atoms with Crippen LogP contribution in [0.1, 0.15) is 26.2 Å². The summed E-state index contributed by atoms with van der Waals surface area (Å²) >= 11 is 5.86. The summed E-state index contributed by atoms with van der Waals surface area (Å²) in [6.07, 6.45) is -15.2. The molecule has 0 N–H and O–H groups in total. The van der Waals surface area contributed by atoms with Crippen LogP contribution in [-0.2, 0) is 0 Å². The van der Waals surface area contributed by atoms with E-state index in [0.717, 1.165) is 0 Å². The Hall–Kier alpha value is -0.333. The highest BCUT2D eigenvalue weighted by Crippen LogP contribution is 2.55. The molecule has 0 heterocycles. The fourth-order valence-corrected chi connectivity index (χ4v) is 6.41. The second-order valence-corrected chi connectivity index (χ2v) is 12.1. The lowest BCUT2D eigenvalue weighted by atomic mass is 10.0. The quantitative estimate of drug-likeness (QED) is 0.195. The van der Waals surface area contributed by atoms with Crippen molar-refractivity contribution in [3.8, 4) is 0 Å². The fraction of sp³-hybridized carbons (Fsp3) is 1.00. The van der Waals surface area contributed by atoms with Gasteiger partial charge in [-0.1, -0.05) is 13.3 Å². The Morgan fingerprint density at radius 1 is 0.654 bits per heavy atom. The molecule has 26 heavy (non-hydrogen) atoms. The zero-order chi connectivity index (χ0) is 21.2. The van der Waals surface area contributed by atoms with Crippen LogP contribution < -0.4 is 0 Å². The van der Waals surface area contributed by atoms with Gasteiger partial charge in [-0.05, 0) is 18.1 Å². The SMILES string of the molecule is CCC[Si](Cl)(CCC(F)(F)F)CCC(F)(F)C(F)(F)C(F)(F)C(F)(F)F. The number of alkyl halides is 12. The minimum atomic E-state index is -7.02. The van der Waals surface area contributed by atoms with Gasteiger partial charge in [0.2, 0.25) is 0 Å². The molecule has 0 amide bonds. The summed E-state index contributed by atoms with van der Waals surface area (Å²) in [5, 5.41) is 0. The molecule has 0 saturated heterocycles. The van der Waals surface area contributed by atoms with Gasteiger partial charge in [0.1, 0.15) is 0 Å². The molecule has 0 aromatic heterocycles. The molecule has 0 aliphatic heterocycles. The first-order valence-electron chi connectivity index (χ1n) is 7.18. The van der Waals surface area contributed by atoms with Crippen molar-refractivity contribution in [3.63, 3.8) is 0 Å². The van der Waals surface area contributed by atoms with Gasteiger partial charge in [-0.3, -0.25) is 0 Å². The van der Waals surface area contributed by atoms with Gasteiger partial charge in [0.05, 0.1) is 0 Å². The Morgan fingerprint density at radius 2 is 1.08 bits per heavy atom. The van der Waals surface area contributed by atoms with Crippen LogP contribution in [0.15, 0.2) is 0 Å². The Labute approximate surface area is 146 Å². The highest BCUT2D eigenvalue weighted by Gasteiger charge is 2.81. The topological polar surface area (TPSA) is 0 Å². The average molecular weight is 451 g/mol. The van der Waals surface area contributed by atoms with E-state index in [9.17, 15) is 52.7 Å². The van der Waals surface area contributed by atoms with Crippen molar-refractivity contribution in [3.05, 3.63) is 0 Å². The van der Waals surface area contributed by atoms with E-state index in [1.807, 2.05) is 0 Å². The number of hydrogen-bond acceptors (Lipinski definition) is 0. The van der Waals surface area contributed by atoms with Crippen molar-refractivity contribution in [1.29, 1.82) is 0 Å². The third-order valence-corrected chi connectivity index (χ3v) is 9.04. The molecule has 0 aromatic carbocycles. The van der Waals surface area contributed by atoms with Crippen molar-refractivity contribution >= 4 is 18.5 Å². The smallest absolute Gasteiger partial charge is 0.200 e. The van der Waals surface area contributed by atoms with Crippen LogP contribution in [0.25, 0.3) is 0 Å². The Kier molecular flexibility index (Phi) is 7.86. The highest BCUT2D eigenvalue weighted by atomic mass is 35.6. The molecule has 0 bridgehead atoms. The molecule has 0 nitrogen and oxygen atoms in total. The molecular formula is C12H15ClF12Si. The third kappa shape index (κ3) is 6.09. The van der Waals surface area contributed by atoms with E-state index < -0.39 is 62.4 Å². The van der Waals surface area contributed by atoms with Gasteiger partial charge in [-0.2, -0.15) is 63.8 Å². The van der Waals surface area contributed by atoms with Gasteiger partial charge < -0.3 is 0 Å². The van der Waals surface area contributed by atoms with E-state index >= 15 is 0 Å². The zero-order valence-corrected chi connectivity index (χ0v) is 14.9. The normalized spacial score (nSPS) is 17.3. The largest absolute Gasteiger partial charge is 0.460 e. The summed E-state index contributed by atoms with van der Waals surface area (Å²) in [4.78, 5) is 0. The van der Waals surface area contributed by atoms with Gasteiger partial charge in [0.25, 0.3) is 0 Å². The predicted octanol–water partition coefficient (Wildman–Crippen LogP) is 7.39. The Morgan fingerprint density at radius 3 is 1.42 bits per heavy atom. The number of hydrogen-bond donors (Lipinski definition) is 0. The molecule has 1 atom stereocenters. The number of rotatable bonds is 9. The average Bonchev–Trinajstić information content (AvgIpc) is 2.41. The first-order valence-corrected chi connectivity index (χ1v) is 10.8. The van der Waals surface area contributed by atoms with E-state index in [0.29, 0.717) is 0 Å². The highest BCUT2D eigenvalue weighted by molar-refractivity contribution is 7.20. The van der Waals surface area contributed by atoms with E-state index in [1.54, 1.807) is 0 Å². The van der Waals surface area contributed by atoms with E-state index in [1.165, 1.54) is 6.92 Å². The Bertz CT molecular complexity index is 458. The van der Waals surface area contributed by atoms with Crippen LogP contribution in [0.3, 0.4) is 0 Å². The molecule has 0 aromatic rings. The summed E-state index contributed by atoms with van der Waals surface area (Å²) in [5.41, 5.74) is 0. The van der Waals surface area contributed by atoms with Gasteiger partial charge in [-0.15, -0.1) is 0 Å². The molecule has 158 valence electrons. The molecule has 0 fully saturated rings. The molecular weight excluding hydrogens is 436 g/mol. The van der Waals surface area contributed by atoms with E-state index in [2.05, 4.69) is 0 Å². The van der Waals surface area contributed by atoms with Crippen LogP contribution in [0.2, 0.25) is 18.1 Å². The standard InChI is InChI=1S/C12H15ClF12Si/c1-2-5-26(13,7-4-9(16,17)18)6-3-8(14,15)10(19,20)11(21,22)12(23,24)25/h2-7H2,1H3. The molecule has 0 aliphatic rings. The van der Waals surface area contributed by atoms with Crippen LogP contribution in [0, 0.1) is 0 Å². The maximum atomic E-state index is 13.5. The summed E-state index contributed by atoms with van der Waals surface area (Å²) in [7, 11) is -3.74. The van der Waals surface area contributed by atoms with Crippen molar-refractivity contribution in [2.45, 2.75) is 74.4 Å². The molecule has 0 saturated carbocycles. The third-order valence-electron chi connectivity index (χ3n) is 3.65. The predicted molar refractivity (Wildman–Crippen MR) is 72.5 cm³/mol. The maximum Gasteiger partial charge on any atom is 0.460 e. The lowest BCUT2D eigenvalue weighted by Crippen LogP contribution is -2.61. The second kappa shape index (κ2) is 7.96. The summed E-state index contributed by atoms with van der Waals surface area (Å²) in [6, 6.07) is -2.24.